The molecular formula is C9H12N2O5. The van der Waals surface area contributed by atoms with Crippen LogP contribution in [-0.2, 0) is 11.3 Å². The predicted octanol–water partition coefficient (Wildman–Crippen LogP) is -1.09. The molecule has 0 saturated heterocycles. The van der Waals surface area contributed by atoms with Gasteiger partial charge in [0.2, 0.25) is 5.91 Å². The minimum atomic E-state index is -1.27. The maximum Gasteiger partial charge on any atom is 0.338 e. The second kappa shape index (κ2) is 5.29. The van der Waals surface area contributed by atoms with E-state index in [-0.39, 0.29) is 18.7 Å². The van der Waals surface area contributed by atoms with E-state index in [9.17, 15) is 9.59 Å². The van der Waals surface area contributed by atoms with Gasteiger partial charge in [0, 0.05) is 6.54 Å². The lowest BCUT2D eigenvalue weighted by Gasteiger charge is -2.06. The lowest BCUT2D eigenvalue weighted by atomic mass is 10.3. The second-order valence-corrected chi connectivity index (χ2v) is 3.16. The van der Waals surface area contributed by atoms with E-state index >= 15 is 0 Å². The summed E-state index contributed by atoms with van der Waals surface area (Å²) in [4.78, 5) is 21.0. The highest BCUT2D eigenvalue weighted by atomic mass is 16.4. The van der Waals surface area contributed by atoms with Gasteiger partial charge < -0.3 is 25.7 Å². The van der Waals surface area contributed by atoms with E-state index in [0.29, 0.717) is 5.76 Å². The highest BCUT2D eigenvalue weighted by Crippen LogP contribution is 2.07. The first-order valence-corrected chi connectivity index (χ1v) is 4.49. The fourth-order valence-electron chi connectivity index (χ4n) is 1.02. The highest BCUT2D eigenvalue weighted by molar-refractivity contribution is 5.87. The minimum absolute atomic E-state index is 0.0154. The molecule has 0 fully saturated rings. The minimum Gasteiger partial charge on any atom is -0.478 e. The Hall–Kier alpha value is -1.86. The van der Waals surface area contributed by atoms with E-state index in [1.54, 1.807) is 0 Å². The van der Waals surface area contributed by atoms with Gasteiger partial charge in [0.05, 0.1) is 12.1 Å². The lowest BCUT2D eigenvalue weighted by Crippen LogP contribution is -2.37. The van der Waals surface area contributed by atoms with Gasteiger partial charge in [-0.2, -0.15) is 0 Å². The average molecular weight is 228 g/mol. The van der Waals surface area contributed by atoms with Crippen molar-refractivity contribution in [3.63, 3.8) is 0 Å². The Morgan fingerprint density at radius 3 is 2.75 bits per heavy atom. The zero-order valence-corrected chi connectivity index (χ0v) is 8.34. The van der Waals surface area contributed by atoms with Crippen molar-refractivity contribution in [2.24, 2.45) is 5.73 Å². The number of carboxylic acid groups (broad SMARTS) is 1. The lowest BCUT2D eigenvalue weighted by molar-refractivity contribution is -0.125. The Kier molecular flexibility index (Phi) is 4.03. The summed E-state index contributed by atoms with van der Waals surface area (Å²) < 4.78 is 4.93. The quantitative estimate of drug-likeness (QED) is 0.490. The molecular weight excluding hydrogens is 216 g/mol. The van der Waals surface area contributed by atoms with Crippen LogP contribution in [-0.4, -0.2) is 34.7 Å². The van der Waals surface area contributed by atoms with Crippen LogP contribution in [0.5, 0.6) is 0 Å². The topological polar surface area (TPSA) is 126 Å². The van der Waals surface area contributed by atoms with Crippen LogP contribution >= 0.6 is 0 Å². The fraction of sp³-hybridized carbons (Fsp3) is 0.333. The van der Waals surface area contributed by atoms with Crippen LogP contribution in [0.2, 0.25) is 0 Å². The second-order valence-electron chi connectivity index (χ2n) is 3.16. The van der Waals surface area contributed by atoms with Crippen LogP contribution in [0, 0.1) is 0 Å². The standard InChI is InChI=1S/C9H12N2O5/c10-8(13)7(12)3-11-2-6-1-5(4-16-6)9(14)15/h1,4,7,11-12H,2-3H2,(H2,10,13)(H,14,15). The molecule has 1 heterocycles. The van der Waals surface area contributed by atoms with E-state index in [4.69, 9.17) is 20.4 Å². The fourth-order valence-corrected chi connectivity index (χ4v) is 1.02. The summed E-state index contributed by atoms with van der Waals surface area (Å²) in [5, 5.41) is 20.3. The summed E-state index contributed by atoms with van der Waals surface area (Å²) in [7, 11) is 0. The molecule has 1 rings (SSSR count). The summed E-state index contributed by atoms with van der Waals surface area (Å²) in [5.74, 6) is -1.50. The molecule has 0 radical (unpaired) electrons. The first-order chi connectivity index (χ1) is 7.50. The number of carbonyl (C=O) groups is 2. The smallest absolute Gasteiger partial charge is 0.338 e. The number of aliphatic hydroxyl groups excluding tert-OH is 1. The summed E-state index contributed by atoms with van der Waals surface area (Å²) in [5.41, 5.74) is 4.88. The van der Waals surface area contributed by atoms with Crippen LogP contribution in [0.15, 0.2) is 16.7 Å². The molecule has 1 aromatic heterocycles. The Bertz CT molecular complexity index is 387. The van der Waals surface area contributed by atoms with Gasteiger partial charge in [-0.3, -0.25) is 4.79 Å². The van der Waals surface area contributed by atoms with E-state index in [1.165, 1.54) is 6.07 Å². The highest BCUT2D eigenvalue weighted by Gasteiger charge is 2.11. The summed E-state index contributed by atoms with van der Waals surface area (Å²) in [6.45, 7) is 0.191. The van der Waals surface area contributed by atoms with Crippen molar-refractivity contribution in [3.05, 3.63) is 23.7 Å². The molecule has 0 spiro atoms. The van der Waals surface area contributed by atoms with Gasteiger partial charge in [0.15, 0.2) is 0 Å². The molecule has 0 bridgehead atoms. The van der Waals surface area contributed by atoms with E-state index in [0.717, 1.165) is 6.26 Å². The number of furan rings is 1. The third-order valence-electron chi connectivity index (χ3n) is 1.87. The SMILES string of the molecule is NC(=O)C(O)CNCc1cc(C(=O)O)co1. The zero-order valence-electron chi connectivity index (χ0n) is 8.34. The van der Waals surface area contributed by atoms with Crippen LogP contribution in [0.4, 0.5) is 0 Å². The number of hydrogen-bond acceptors (Lipinski definition) is 5. The number of aromatic carboxylic acids is 1. The van der Waals surface area contributed by atoms with Crippen molar-refractivity contribution >= 4 is 11.9 Å². The average Bonchev–Trinajstić information content (AvgIpc) is 2.66. The first kappa shape index (κ1) is 12.2. The Morgan fingerprint density at radius 2 is 2.25 bits per heavy atom. The molecule has 0 aliphatic rings. The number of rotatable bonds is 6. The van der Waals surface area contributed by atoms with E-state index < -0.39 is 18.0 Å². The van der Waals surface area contributed by atoms with Crippen molar-refractivity contribution in [2.45, 2.75) is 12.6 Å². The van der Waals surface area contributed by atoms with Crippen molar-refractivity contribution in [1.29, 1.82) is 0 Å². The third kappa shape index (κ3) is 3.37. The Labute approximate surface area is 90.9 Å². The van der Waals surface area contributed by atoms with Crippen LogP contribution in [0.3, 0.4) is 0 Å². The van der Waals surface area contributed by atoms with Gasteiger partial charge in [-0.1, -0.05) is 0 Å². The number of hydrogen-bond donors (Lipinski definition) is 4. The molecule has 0 aliphatic carbocycles. The van der Waals surface area contributed by atoms with Crippen LogP contribution < -0.4 is 11.1 Å². The van der Waals surface area contributed by atoms with Gasteiger partial charge in [-0.25, -0.2) is 4.79 Å². The maximum absolute atomic E-state index is 10.5. The van der Waals surface area contributed by atoms with Gasteiger partial charge in [0.1, 0.15) is 18.1 Å². The van der Waals surface area contributed by atoms with Crippen LogP contribution in [0.1, 0.15) is 16.1 Å². The summed E-state index contributed by atoms with van der Waals surface area (Å²) in [6, 6.07) is 1.35. The van der Waals surface area contributed by atoms with Gasteiger partial charge >= 0.3 is 5.97 Å². The summed E-state index contributed by atoms with van der Waals surface area (Å²) >= 11 is 0. The van der Waals surface area contributed by atoms with Gasteiger partial charge in [0.25, 0.3) is 0 Å². The normalized spacial score (nSPS) is 12.3. The molecule has 1 aromatic rings. The third-order valence-corrected chi connectivity index (χ3v) is 1.87. The molecule has 5 N–H and O–H groups in total. The molecule has 16 heavy (non-hydrogen) atoms. The zero-order chi connectivity index (χ0) is 12.1. The number of carbonyl (C=O) groups excluding carboxylic acids is 1. The van der Waals surface area contributed by atoms with Gasteiger partial charge in [-0.15, -0.1) is 0 Å². The molecule has 88 valence electrons. The Balaban J connectivity index is 2.37. The van der Waals surface area contributed by atoms with Gasteiger partial charge in [-0.05, 0) is 6.07 Å². The molecule has 0 aliphatic heterocycles. The van der Waals surface area contributed by atoms with Crippen molar-refractivity contribution < 1.29 is 24.2 Å². The Morgan fingerprint density at radius 1 is 1.56 bits per heavy atom. The molecule has 1 atom stereocenters. The summed E-state index contributed by atoms with van der Waals surface area (Å²) in [6.07, 6.45) is -0.155. The number of carboxylic acids is 1. The number of nitrogens with one attached hydrogen (secondary N) is 1. The largest absolute Gasteiger partial charge is 0.478 e. The number of amides is 1. The predicted molar refractivity (Wildman–Crippen MR) is 52.6 cm³/mol. The molecule has 7 nitrogen and oxygen atoms in total. The molecule has 7 heteroatoms. The number of aliphatic hydroxyl groups is 1. The molecule has 1 amide bonds. The number of primary amides is 1. The molecule has 0 saturated carbocycles. The van der Waals surface area contributed by atoms with Crippen LogP contribution in [0.25, 0.3) is 0 Å². The monoisotopic (exact) mass is 228 g/mol. The van der Waals surface area contributed by atoms with Crippen molar-refractivity contribution in [2.75, 3.05) is 6.54 Å². The molecule has 1 unspecified atom stereocenters. The molecule has 0 aromatic carbocycles. The number of nitrogens with two attached hydrogens (primary N) is 1. The van der Waals surface area contributed by atoms with E-state index in [1.807, 2.05) is 0 Å². The van der Waals surface area contributed by atoms with Crippen molar-refractivity contribution in [1.82, 2.24) is 5.32 Å². The first-order valence-electron chi connectivity index (χ1n) is 4.49. The maximum atomic E-state index is 10.5. The van der Waals surface area contributed by atoms with Crippen molar-refractivity contribution in [3.8, 4) is 0 Å². The van der Waals surface area contributed by atoms with E-state index in [2.05, 4.69) is 5.32 Å².